The second-order valence-corrected chi connectivity index (χ2v) is 6.11. The average molecular weight is 283 g/mol. The van der Waals surface area contributed by atoms with E-state index >= 15 is 0 Å². The number of aryl methyl sites for hydroxylation is 1. The predicted molar refractivity (Wildman–Crippen MR) is 82.0 cm³/mol. The number of hydrogen-bond donors (Lipinski definition) is 2. The summed E-state index contributed by atoms with van der Waals surface area (Å²) in [5.74, 6) is 0.0449. The molecular formula is C17H21N3O. The molecule has 21 heavy (non-hydrogen) atoms. The first kappa shape index (κ1) is 13.9. The molecule has 0 saturated carbocycles. The van der Waals surface area contributed by atoms with Crippen molar-refractivity contribution in [2.45, 2.75) is 38.0 Å². The van der Waals surface area contributed by atoms with E-state index < -0.39 is 0 Å². The zero-order chi connectivity index (χ0) is 14.7. The summed E-state index contributed by atoms with van der Waals surface area (Å²) in [4.78, 5) is 12.0. The predicted octanol–water partition coefficient (Wildman–Crippen LogP) is 2.36. The minimum atomic E-state index is 0.0402. The van der Waals surface area contributed by atoms with E-state index in [9.17, 15) is 4.79 Å². The minimum absolute atomic E-state index is 0.0402. The lowest BCUT2D eigenvalue weighted by molar-refractivity contribution is -0.120. The van der Waals surface area contributed by atoms with Crippen LogP contribution >= 0.6 is 0 Å². The molecule has 2 N–H and O–H groups in total. The van der Waals surface area contributed by atoms with Crippen molar-refractivity contribution in [1.82, 2.24) is 15.5 Å². The SMILES string of the molecule is CC1(CNC(=O)Cc2ccn[nH]2)CCCc2ccccc21. The second-order valence-electron chi connectivity index (χ2n) is 6.11. The molecule has 1 aliphatic carbocycles. The largest absolute Gasteiger partial charge is 0.355 e. The summed E-state index contributed by atoms with van der Waals surface area (Å²) in [5.41, 5.74) is 3.70. The van der Waals surface area contributed by atoms with Gasteiger partial charge in [-0.15, -0.1) is 0 Å². The van der Waals surface area contributed by atoms with Gasteiger partial charge in [-0.3, -0.25) is 9.89 Å². The lowest BCUT2D eigenvalue weighted by atomic mass is 9.71. The van der Waals surface area contributed by atoms with Crippen LogP contribution in [-0.2, 0) is 23.1 Å². The van der Waals surface area contributed by atoms with Crippen LogP contribution in [0.15, 0.2) is 36.5 Å². The van der Waals surface area contributed by atoms with Gasteiger partial charge in [-0.05, 0) is 36.5 Å². The molecule has 0 fully saturated rings. The van der Waals surface area contributed by atoms with Gasteiger partial charge in [0.15, 0.2) is 0 Å². The first-order valence-electron chi connectivity index (χ1n) is 7.51. The standard InChI is InChI=1S/C17H21N3O/c1-17(9-4-6-13-5-2-3-7-15(13)17)12-18-16(21)11-14-8-10-19-20-14/h2-3,5,7-8,10H,4,6,9,11-12H2,1H3,(H,18,21)(H,19,20). The van der Waals surface area contributed by atoms with E-state index in [0.29, 0.717) is 13.0 Å². The second kappa shape index (κ2) is 5.72. The van der Waals surface area contributed by atoms with Crippen molar-refractivity contribution in [3.05, 3.63) is 53.3 Å². The zero-order valence-corrected chi connectivity index (χ0v) is 12.4. The van der Waals surface area contributed by atoms with Gasteiger partial charge in [0.1, 0.15) is 0 Å². The molecule has 1 aromatic heterocycles. The number of nitrogens with one attached hydrogen (secondary N) is 2. The van der Waals surface area contributed by atoms with E-state index in [1.165, 1.54) is 17.5 Å². The molecule has 1 heterocycles. The van der Waals surface area contributed by atoms with Gasteiger partial charge < -0.3 is 5.32 Å². The highest BCUT2D eigenvalue weighted by molar-refractivity contribution is 5.78. The molecule has 1 amide bonds. The maximum absolute atomic E-state index is 12.0. The first-order chi connectivity index (χ1) is 10.2. The van der Waals surface area contributed by atoms with Crippen LogP contribution < -0.4 is 5.32 Å². The fraction of sp³-hybridized carbons (Fsp3) is 0.412. The van der Waals surface area contributed by atoms with E-state index in [4.69, 9.17) is 0 Å². The topological polar surface area (TPSA) is 57.8 Å². The molecule has 0 radical (unpaired) electrons. The molecule has 2 aromatic rings. The third-order valence-corrected chi connectivity index (χ3v) is 4.43. The summed E-state index contributed by atoms with van der Waals surface area (Å²) >= 11 is 0. The Labute approximate surface area is 125 Å². The van der Waals surface area contributed by atoms with Crippen molar-refractivity contribution in [2.24, 2.45) is 0 Å². The highest BCUT2D eigenvalue weighted by Gasteiger charge is 2.31. The summed E-state index contributed by atoms with van der Waals surface area (Å²) in [6.45, 7) is 2.94. The van der Waals surface area contributed by atoms with Gasteiger partial charge in [0.05, 0.1) is 6.42 Å². The normalized spacial score (nSPS) is 20.8. The number of fused-ring (bicyclic) bond motifs is 1. The fourth-order valence-electron chi connectivity index (χ4n) is 3.23. The molecular weight excluding hydrogens is 262 g/mol. The Morgan fingerprint density at radius 3 is 3.05 bits per heavy atom. The molecule has 4 heteroatoms. The molecule has 1 atom stereocenters. The Hall–Kier alpha value is -2.10. The van der Waals surface area contributed by atoms with Gasteiger partial charge in [-0.1, -0.05) is 31.2 Å². The van der Waals surface area contributed by atoms with Gasteiger partial charge in [0.2, 0.25) is 5.91 Å². The quantitative estimate of drug-likeness (QED) is 0.905. The zero-order valence-electron chi connectivity index (χ0n) is 12.4. The number of H-pyrrole nitrogens is 1. The Morgan fingerprint density at radius 2 is 2.24 bits per heavy atom. The molecule has 1 unspecified atom stereocenters. The van der Waals surface area contributed by atoms with Gasteiger partial charge in [-0.2, -0.15) is 5.10 Å². The van der Waals surface area contributed by atoms with Crippen molar-refractivity contribution in [2.75, 3.05) is 6.54 Å². The molecule has 1 aliphatic rings. The number of benzene rings is 1. The van der Waals surface area contributed by atoms with Crippen LogP contribution in [-0.4, -0.2) is 22.6 Å². The van der Waals surface area contributed by atoms with E-state index in [1.807, 2.05) is 6.07 Å². The van der Waals surface area contributed by atoms with Crippen LogP contribution in [0, 0.1) is 0 Å². The van der Waals surface area contributed by atoms with Crippen molar-refractivity contribution < 1.29 is 4.79 Å². The van der Waals surface area contributed by atoms with Crippen LogP contribution in [0.25, 0.3) is 0 Å². The van der Waals surface area contributed by atoms with Crippen molar-refractivity contribution in [3.63, 3.8) is 0 Å². The number of nitrogens with zero attached hydrogens (tertiary/aromatic N) is 1. The monoisotopic (exact) mass is 283 g/mol. The van der Waals surface area contributed by atoms with Crippen molar-refractivity contribution >= 4 is 5.91 Å². The van der Waals surface area contributed by atoms with Crippen LogP contribution in [0.4, 0.5) is 0 Å². The third-order valence-electron chi connectivity index (χ3n) is 4.43. The number of aromatic amines is 1. The van der Waals surface area contributed by atoms with Crippen molar-refractivity contribution in [3.8, 4) is 0 Å². The summed E-state index contributed by atoms with van der Waals surface area (Å²) in [7, 11) is 0. The lowest BCUT2D eigenvalue weighted by Gasteiger charge is -2.36. The van der Waals surface area contributed by atoms with E-state index in [2.05, 4.69) is 46.7 Å². The minimum Gasteiger partial charge on any atom is -0.355 e. The number of carbonyl (C=O) groups excluding carboxylic acids is 1. The van der Waals surface area contributed by atoms with E-state index in [0.717, 1.165) is 18.5 Å². The summed E-state index contributed by atoms with van der Waals surface area (Å²) in [6, 6.07) is 10.4. The van der Waals surface area contributed by atoms with Crippen LogP contribution in [0.2, 0.25) is 0 Å². The van der Waals surface area contributed by atoms with E-state index in [-0.39, 0.29) is 11.3 Å². The summed E-state index contributed by atoms with van der Waals surface area (Å²) < 4.78 is 0. The number of rotatable bonds is 4. The fourth-order valence-corrected chi connectivity index (χ4v) is 3.23. The third kappa shape index (κ3) is 2.99. The Morgan fingerprint density at radius 1 is 1.38 bits per heavy atom. The maximum Gasteiger partial charge on any atom is 0.226 e. The number of carbonyl (C=O) groups is 1. The van der Waals surface area contributed by atoms with Crippen molar-refractivity contribution in [1.29, 1.82) is 0 Å². The Bertz CT molecular complexity index is 621. The number of amides is 1. The molecule has 110 valence electrons. The van der Waals surface area contributed by atoms with Gasteiger partial charge in [0.25, 0.3) is 0 Å². The Kier molecular flexibility index (Phi) is 3.78. The highest BCUT2D eigenvalue weighted by Crippen LogP contribution is 2.36. The average Bonchev–Trinajstić information content (AvgIpc) is 2.99. The molecule has 0 bridgehead atoms. The molecule has 0 spiro atoms. The lowest BCUT2D eigenvalue weighted by Crippen LogP contribution is -2.41. The van der Waals surface area contributed by atoms with E-state index in [1.54, 1.807) is 6.20 Å². The Balaban J connectivity index is 1.66. The summed E-state index contributed by atoms with van der Waals surface area (Å²) in [6.07, 6.45) is 5.48. The van der Waals surface area contributed by atoms with Gasteiger partial charge in [0, 0.05) is 23.9 Å². The van der Waals surface area contributed by atoms with Crippen LogP contribution in [0.5, 0.6) is 0 Å². The molecule has 1 aromatic carbocycles. The van der Waals surface area contributed by atoms with Gasteiger partial charge >= 0.3 is 0 Å². The van der Waals surface area contributed by atoms with Crippen LogP contribution in [0.1, 0.15) is 36.6 Å². The molecule has 3 rings (SSSR count). The molecule has 0 aliphatic heterocycles. The molecule has 4 nitrogen and oxygen atoms in total. The number of aromatic nitrogens is 2. The summed E-state index contributed by atoms with van der Waals surface area (Å²) in [5, 5.41) is 9.77. The van der Waals surface area contributed by atoms with Gasteiger partial charge in [-0.25, -0.2) is 0 Å². The number of hydrogen-bond acceptors (Lipinski definition) is 2. The maximum atomic E-state index is 12.0. The smallest absolute Gasteiger partial charge is 0.226 e. The highest BCUT2D eigenvalue weighted by atomic mass is 16.1. The molecule has 0 saturated heterocycles. The first-order valence-corrected chi connectivity index (χ1v) is 7.51. The van der Waals surface area contributed by atoms with Crippen LogP contribution in [0.3, 0.4) is 0 Å².